The monoisotopic (exact) mass is 497 g/mol. The molecule has 1 aliphatic rings. The van der Waals surface area contributed by atoms with E-state index in [0.717, 1.165) is 10.0 Å². The van der Waals surface area contributed by atoms with Gasteiger partial charge >= 0.3 is 0 Å². The minimum Gasteiger partial charge on any atom is -0.508 e. The summed E-state index contributed by atoms with van der Waals surface area (Å²) in [5.41, 5.74) is 2.25. The molecule has 1 atom stereocenters. The highest BCUT2D eigenvalue weighted by atomic mass is 79.9. The van der Waals surface area contributed by atoms with Gasteiger partial charge in [0.15, 0.2) is 0 Å². The van der Waals surface area contributed by atoms with Gasteiger partial charge in [-0.1, -0.05) is 45.7 Å². The number of rotatable bonds is 3. The van der Waals surface area contributed by atoms with Gasteiger partial charge in [0.25, 0.3) is 11.7 Å². The second-order valence-corrected chi connectivity index (χ2v) is 8.50. The second kappa shape index (κ2) is 8.21. The third-order valence-corrected chi connectivity index (χ3v) is 6.29. The molecular weight excluding hydrogens is 482 g/mol. The number of ketones is 1. The lowest BCUT2D eigenvalue weighted by molar-refractivity contribution is -0.132. The van der Waals surface area contributed by atoms with E-state index in [1.807, 2.05) is 13.0 Å². The Morgan fingerprint density at radius 3 is 2.39 bits per heavy atom. The van der Waals surface area contributed by atoms with Crippen LogP contribution in [0.1, 0.15) is 22.7 Å². The number of hydrogen-bond donors (Lipinski definition) is 2. The summed E-state index contributed by atoms with van der Waals surface area (Å²) in [5, 5.41) is 21.5. The van der Waals surface area contributed by atoms with Crippen LogP contribution in [-0.2, 0) is 9.59 Å². The lowest BCUT2D eigenvalue weighted by Crippen LogP contribution is -2.29. The maximum atomic E-state index is 13.1. The van der Waals surface area contributed by atoms with Crippen LogP contribution < -0.4 is 4.90 Å². The van der Waals surface area contributed by atoms with Gasteiger partial charge < -0.3 is 10.2 Å². The van der Waals surface area contributed by atoms with Crippen LogP contribution in [0.25, 0.3) is 5.76 Å². The topological polar surface area (TPSA) is 77.8 Å². The molecule has 1 saturated heterocycles. The number of amides is 1. The first kappa shape index (κ1) is 21.2. The SMILES string of the molecule is Cc1ccc(N2C(=O)C(=O)/C(=C(/O)c3ccc(Cl)cc3)C2c2cccc(O)c2)cc1Br. The van der Waals surface area contributed by atoms with Crippen molar-refractivity contribution < 1.29 is 19.8 Å². The highest BCUT2D eigenvalue weighted by molar-refractivity contribution is 9.10. The Bertz CT molecular complexity index is 1240. The van der Waals surface area contributed by atoms with Gasteiger partial charge in [0.2, 0.25) is 0 Å². The zero-order valence-corrected chi connectivity index (χ0v) is 18.7. The third-order valence-electron chi connectivity index (χ3n) is 5.18. The summed E-state index contributed by atoms with van der Waals surface area (Å²) < 4.78 is 0.777. The van der Waals surface area contributed by atoms with Crippen molar-refractivity contribution in [2.45, 2.75) is 13.0 Å². The molecule has 5 nitrogen and oxygen atoms in total. The molecule has 3 aromatic rings. The zero-order valence-electron chi connectivity index (χ0n) is 16.3. The van der Waals surface area contributed by atoms with Crippen LogP contribution in [0.15, 0.2) is 76.8 Å². The third kappa shape index (κ3) is 3.84. The number of phenols is 1. The number of anilines is 1. The molecule has 1 fully saturated rings. The molecule has 0 aromatic heterocycles. The molecule has 0 spiro atoms. The van der Waals surface area contributed by atoms with Crippen LogP contribution in [0.3, 0.4) is 0 Å². The first-order valence-electron chi connectivity index (χ1n) is 9.40. The van der Waals surface area contributed by atoms with Gasteiger partial charge in [-0.2, -0.15) is 0 Å². The number of aliphatic hydroxyl groups excluding tert-OH is 1. The predicted octanol–water partition coefficient (Wildman–Crippen LogP) is 5.74. The highest BCUT2D eigenvalue weighted by Gasteiger charge is 2.47. The number of aryl methyl sites for hydroxylation is 1. The van der Waals surface area contributed by atoms with Crippen molar-refractivity contribution in [3.05, 3.63) is 98.5 Å². The summed E-state index contributed by atoms with van der Waals surface area (Å²) in [6.45, 7) is 1.91. The summed E-state index contributed by atoms with van der Waals surface area (Å²) in [6.07, 6.45) is 0. The number of hydrogen-bond acceptors (Lipinski definition) is 4. The molecule has 1 heterocycles. The van der Waals surface area contributed by atoms with E-state index in [2.05, 4.69) is 15.9 Å². The fourth-order valence-electron chi connectivity index (χ4n) is 3.60. The average molecular weight is 499 g/mol. The number of carbonyl (C=O) groups is 2. The van der Waals surface area contributed by atoms with Crippen LogP contribution in [0.2, 0.25) is 5.02 Å². The second-order valence-electron chi connectivity index (χ2n) is 7.20. The number of Topliss-reactive ketones (excluding diaryl/α,β-unsaturated/α-hetero) is 1. The van der Waals surface area contributed by atoms with Crippen molar-refractivity contribution in [3.63, 3.8) is 0 Å². The van der Waals surface area contributed by atoms with Crippen LogP contribution in [-0.4, -0.2) is 21.9 Å². The number of aromatic hydroxyl groups is 1. The Kier molecular flexibility index (Phi) is 5.60. The number of phenolic OH excluding ortho intramolecular Hbond substituents is 1. The molecule has 0 aliphatic carbocycles. The fraction of sp³-hybridized carbons (Fsp3) is 0.0833. The van der Waals surface area contributed by atoms with Crippen molar-refractivity contribution in [2.75, 3.05) is 4.90 Å². The van der Waals surface area contributed by atoms with Crippen molar-refractivity contribution in [2.24, 2.45) is 0 Å². The highest BCUT2D eigenvalue weighted by Crippen LogP contribution is 2.43. The number of nitrogens with zero attached hydrogens (tertiary/aromatic N) is 1. The van der Waals surface area contributed by atoms with Gasteiger partial charge in [-0.25, -0.2) is 0 Å². The van der Waals surface area contributed by atoms with Crippen molar-refractivity contribution in [1.82, 2.24) is 0 Å². The molecule has 1 aliphatic heterocycles. The molecule has 31 heavy (non-hydrogen) atoms. The molecule has 7 heteroatoms. The number of carbonyl (C=O) groups excluding carboxylic acids is 2. The van der Waals surface area contributed by atoms with E-state index in [1.54, 1.807) is 48.5 Å². The Balaban J connectivity index is 1.96. The average Bonchev–Trinajstić information content (AvgIpc) is 3.01. The predicted molar refractivity (Wildman–Crippen MR) is 123 cm³/mol. The Morgan fingerprint density at radius 1 is 1.03 bits per heavy atom. The number of benzene rings is 3. The van der Waals surface area contributed by atoms with E-state index in [0.29, 0.717) is 21.8 Å². The van der Waals surface area contributed by atoms with Crippen LogP contribution in [0, 0.1) is 6.92 Å². The number of halogens is 2. The normalized spacial score (nSPS) is 17.9. The largest absolute Gasteiger partial charge is 0.508 e. The molecule has 0 bridgehead atoms. The van der Waals surface area contributed by atoms with Gasteiger partial charge in [0.05, 0.1) is 11.6 Å². The molecule has 1 unspecified atom stereocenters. The summed E-state index contributed by atoms with van der Waals surface area (Å²) in [7, 11) is 0. The molecule has 0 radical (unpaired) electrons. The molecule has 2 N–H and O–H groups in total. The van der Waals surface area contributed by atoms with Gasteiger partial charge in [-0.15, -0.1) is 0 Å². The number of aliphatic hydroxyl groups is 1. The Morgan fingerprint density at radius 2 is 1.74 bits per heavy atom. The minimum absolute atomic E-state index is 0.0142. The summed E-state index contributed by atoms with van der Waals surface area (Å²) >= 11 is 9.41. The molecule has 3 aromatic carbocycles. The minimum atomic E-state index is -0.919. The Labute approximate surface area is 192 Å². The first-order valence-corrected chi connectivity index (χ1v) is 10.6. The van der Waals surface area contributed by atoms with E-state index in [-0.39, 0.29) is 17.1 Å². The first-order chi connectivity index (χ1) is 14.8. The van der Waals surface area contributed by atoms with E-state index in [1.165, 1.54) is 17.0 Å². The van der Waals surface area contributed by atoms with E-state index >= 15 is 0 Å². The molecule has 4 rings (SSSR count). The fourth-order valence-corrected chi connectivity index (χ4v) is 4.10. The quantitative estimate of drug-likeness (QED) is 0.274. The van der Waals surface area contributed by atoms with Gasteiger partial charge in [-0.05, 0) is 66.6 Å². The lowest BCUT2D eigenvalue weighted by atomic mass is 9.95. The van der Waals surface area contributed by atoms with Crippen molar-refractivity contribution in [1.29, 1.82) is 0 Å². The molecular formula is C24H17BrClNO4. The summed E-state index contributed by atoms with van der Waals surface area (Å²) in [6, 6.07) is 17.0. The van der Waals surface area contributed by atoms with Crippen LogP contribution >= 0.6 is 27.5 Å². The van der Waals surface area contributed by atoms with E-state index < -0.39 is 17.7 Å². The van der Waals surface area contributed by atoms with Gasteiger partial charge in [0, 0.05) is 20.7 Å². The maximum absolute atomic E-state index is 13.1. The standard InChI is InChI=1S/C24H17BrClNO4/c1-13-5-10-17(12-19(13)25)27-21(15-3-2-4-18(28)11-15)20(23(30)24(27)31)22(29)14-6-8-16(26)9-7-14/h2-12,21,28-29H,1H3/b22-20+. The van der Waals surface area contributed by atoms with Gasteiger partial charge in [-0.3, -0.25) is 14.5 Å². The molecule has 1 amide bonds. The zero-order chi connectivity index (χ0) is 22.3. The van der Waals surface area contributed by atoms with Crippen molar-refractivity contribution >= 4 is 50.7 Å². The van der Waals surface area contributed by atoms with Crippen molar-refractivity contribution in [3.8, 4) is 5.75 Å². The van der Waals surface area contributed by atoms with E-state index in [4.69, 9.17) is 11.6 Å². The van der Waals surface area contributed by atoms with Crippen LogP contribution in [0.4, 0.5) is 5.69 Å². The van der Waals surface area contributed by atoms with Gasteiger partial charge in [0.1, 0.15) is 11.5 Å². The van der Waals surface area contributed by atoms with Crippen LogP contribution in [0.5, 0.6) is 5.75 Å². The molecule has 0 saturated carbocycles. The summed E-state index contributed by atoms with van der Waals surface area (Å²) in [5.74, 6) is -1.89. The van der Waals surface area contributed by atoms with E-state index in [9.17, 15) is 19.8 Å². The maximum Gasteiger partial charge on any atom is 0.300 e. The summed E-state index contributed by atoms with van der Waals surface area (Å²) in [4.78, 5) is 27.5. The Hall–Kier alpha value is -3.09. The smallest absolute Gasteiger partial charge is 0.300 e. The molecule has 156 valence electrons. The lowest BCUT2D eigenvalue weighted by Gasteiger charge is -2.26.